The van der Waals surface area contributed by atoms with E-state index in [0.717, 1.165) is 12.0 Å². The van der Waals surface area contributed by atoms with Gasteiger partial charge in [0.1, 0.15) is 5.69 Å². The molecule has 0 aliphatic carbocycles. The molecule has 8 nitrogen and oxygen atoms in total. The second-order valence-electron chi connectivity index (χ2n) is 7.53. The van der Waals surface area contributed by atoms with Crippen LogP contribution in [0.4, 0.5) is 11.4 Å². The highest BCUT2D eigenvalue weighted by Gasteiger charge is 2.31. The highest BCUT2D eigenvalue weighted by Crippen LogP contribution is 2.46. The Labute approximate surface area is 173 Å². The van der Waals surface area contributed by atoms with Gasteiger partial charge in [0, 0.05) is 30.2 Å². The molecule has 1 unspecified atom stereocenters. The van der Waals surface area contributed by atoms with Crippen molar-refractivity contribution in [2.75, 3.05) is 30.1 Å². The first-order chi connectivity index (χ1) is 13.7. The number of benzene rings is 1. The van der Waals surface area contributed by atoms with Crippen LogP contribution >= 0.6 is 10.6 Å². The van der Waals surface area contributed by atoms with E-state index in [4.69, 9.17) is 4.74 Å². The maximum absolute atomic E-state index is 11.9. The van der Waals surface area contributed by atoms with E-state index in [0.29, 0.717) is 43.0 Å². The highest BCUT2D eigenvalue weighted by molar-refractivity contribution is 8.24. The molecule has 1 aromatic carbocycles. The van der Waals surface area contributed by atoms with Gasteiger partial charge >= 0.3 is 5.97 Å². The fourth-order valence-corrected chi connectivity index (χ4v) is 5.42. The third-order valence-electron chi connectivity index (χ3n) is 5.57. The molecule has 1 saturated heterocycles. The zero-order valence-electron chi connectivity index (χ0n) is 17.4. The molecule has 0 aromatic heterocycles. The molecule has 1 atom stereocenters. The number of anilines is 1. The fourth-order valence-electron chi connectivity index (χ4n) is 3.91. The van der Waals surface area contributed by atoms with E-state index >= 15 is 0 Å². The molecule has 2 rings (SSSR count). The van der Waals surface area contributed by atoms with Crippen LogP contribution in [0.1, 0.15) is 57.4 Å². The number of methoxy groups -OCH3 is 1. The number of carbonyl (C=O) groups is 1. The highest BCUT2D eigenvalue weighted by atomic mass is 32.3. The minimum atomic E-state index is -2.51. The Kier molecular flexibility index (Phi) is 8.30. The van der Waals surface area contributed by atoms with E-state index < -0.39 is 10.6 Å². The molecule has 0 saturated carbocycles. The molecule has 0 bridgehead atoms. The van der Waals surface area contributed by atoms with Crippen molar-refractivity contribution < 1.29 is 23.6 Å². The Bertz CT molecular complexity index is 717. The average molecular weight is 429 g/mol. The lowest BCUT2D eigenvalue weighted by molar-refractivity contribution is -0.384. The summed E-state index contributed by atoms with van der Waals surface area (Å²) >= 11 is 0. The van der Waals surface area contributed by atoms with Crippen LogP contribution in [0.3, 0.4) is 0 Å². The molecule has 9 heteroatoms. The van der Waals surface area contributed by atoms with Crippen molar-refractivity contribution >= 4 is 27.9 Å². The topological polar surface area (TPSA) is 113 Å². The zero-order valence-corrected chi connectivity index (χ0v) is 18.2. The Balaban J connectivity index is 2.36. The summed E-state index contributed by atoms with van der Waals surface area (Å²) in [5, 5.41) is 11.9. The smallest absolute Gasteiger partial charge is 0.306 e. The first-order valence-corrected chi connectivity index (χ1v) is 12.0. The number of esters is 1. The normalized spacial score (nSPS) is 18.7. The molecular formula is C20H32N2O6S. The van der Waals surface area contributed by atoms with Gasteiger partial charge in [-0.05, 0) is 43.2 Å². The molecule has 1 aliphatic rings. The summed E-state index contributed by atoms with van der Waals surface area (Å²) in [6, 6.07) is 5.25. The summed E-state index contributed by atoms with van der Waals surface area (Å²) in [5.41, 5.74) is 1.33. The number of ether oxygens (including phenoxy) is 1. The van der Waals surface area contributed by atoms with Crippen LogP contribution in [0.5, 0.6) is 0 Å². The Morgan fingerprint density at radius 2 is 2.00 bits per heavy atom. The van der Waals surface area contributed by atoms with E-state index in [1.807, 2.05) is 24.8 Å². The minimum Gasteiger partial charge on any atom is -0.469 e. The van der Waals surface area contributed by atoms with E-state index in [-0.39, 0.29) is 35.0 Å². The molecule has 164 valence electrons. The number of nitrogens with zero attached hydrogens (tertiary/aromatic N) is 2. The van der Waals surface area contributed by atoms with Gasteiger partial charge in [-0.2, -0.15) is 10.6 Å². The standard InChI is InChI=1S/C20H32N2O6S/c1-4-10-21(17-8-11-29(26,27)12-9-17)18-7-6-16(13-19(18)22(24)25)15(5-2)14-20(23)28-3/h6-7,13,15,17,26-27H,4-5,8-12,14H2,1-3H3. The number of rotatable bonds is 9. The third-order valence-corrected chi connectivity index (χ3v) is 7.35. The lowest BCUT2D eigenvalue weighted by Crippen LogP contribution is -2.41. The van der Waals surface area contributed by atoms with Crippen molar-refractivity contribution in [3.8, 4) is 0 Å². The van der Waals surface area contributed by atoms with Gasteiger partial charge in [-0.25, -0.2) is 0 Å². The lowest BCUT2D eigenvalue weighted by atomic mass is 9.92. The van der Waals surface area contributed by atoms with Crippen molar-refractivity contribution in [1.82, 2.24) is 0 Å². The fraction of sp³-hybridized carbons (Fsp3) is 0.650. The quantitative estimate of drug-likeness (QED) is 0.330. The molecular weight excluding hydrogens is 396 g/mol. The molecule has 2 N–H and O–H groups in total. The number of hydrogen-bond donors (Lipinski definition) is 2. The number of nitro groups is 1. The maximum atomic E-state index is 11.9. The van der Waals surface area contributed by atoms with Crippen molar-refractivity contribution in [3.05, 3.63) is 33.9 Å². The minimum absolute atomic E-state index is 0.0245. The number of hydrogen-bond acceptors (Lipinski definition) is 7. The van der Waals surface area contributed by atoms with Gasteiger partial charge in [0.2, 0.25) is 0 Å². The predicted octanol–water partition coefficient (Wildman–Crippen LogP) is 4.78. The van der Waals surface area contributed by atoms with Crippen LogP contribution in [0.25, 0.3) is 0 Å². The summed E-state index contributed by atoms with van der Waals surface area (Å²) in [6.45, 7) is 4.62. The van der Waals surface area contributed by atoms with Crippen molar-refractivity contribution in [2.45, 2.75) is 57.9 Å². The molecule has 1 heterocycles. The van der Waals surface area contributed by atoms with Crippen LogP contribution in [0, 0.1) is 10.1 Å². The summed E-state index contributed by atoms with van der Waals surface area (Å²) in [5.74, 6) is 0.191. The van der Waals surface area contributed by atoms with E-state index in [9.17, 15) is 24.0 Å². The summed E-state index contributed by atoms with van der Waals surface area (Å²) < 4.78 is 24.6. The van der Waals surface area contributed by atoms with Crippen LogP contribution in [-0.2, 0) is 9.53 Å². The van der Waals surface area contributed by atoms with Crippen molar-refractivity contribution in [1.29, 1.82) is 0 Å². The summed E-state index contributed by atoms with van der Waals surface area (Å²) in [6.07, 6.45) is 2.88. The summed E-state index contributed by atoms with van der Waals surface area (Å²) in [7, 11) is -1.18. The largest absolute Gasteiger partial charge is 0.469 e. The van der Waals surface area contributed by atoms with Crippen LogP contribution in [0.2, 0.25) is 0 Å². The Hall–Kier alpha value is -1.84. The van der Waals surface area contributed by atoms with E-state index in [1.54, 1.807) is 12.1 Å². The third kappa shape index (κ3) is 6.07. The van der Waals surface area contributed by atoms with Crippen molar-refractivity contribution in [2.24, 2.45) is 0 Å². The molecule has 0 amide bonds. The van der Waals surface area contributed by atoms with Gasteiger partial charge in [0.15, 0.2) is 0 Å². The number of nitro benzene ring substituents is 1. The first kappa shape index (κ1) is 23.4. The predicted molar refractivity (Wildman–Crippen MR) is 116 cm³/mol. The van der Waals surface area contributed by atoms with Crippen LogP contribution < -0.4 is 4.90 Å². The van der Waals surface area contributed by atoms with E-state index in [1.165, 1.54) is 7.11 Å². The lowest BCUT2D eigenvalue weighted by Gasteiger charge is -2.43. The molecule has 0 spiro atoms. The summed E-state index contributed by atoms with van der Waals surface area (Å²) in [4.78, 5) is 25.2. The second-order valence-corrected chi connectivity index (χ2v) is 9.95. The Morgan fingerprint density at radius 3 is 2.52 bits per heavy atom. The van der Waals surface area contributed by atoms with Gasteiger partial charge in [0.25, 0.3) is 5.69 Å². The molecule has 1 aliphatic heterocycles. The second kappa shape index (κ2) is 10.3. The Morgan fingerprint density at radius 1 is 1.34 bits per heavy atom. The van der Waals surface area contributed by atoms with E-state index in [2.05, 4.69) is 0 Å². The van der Waals surface area contributed by atoms with Gasteiger partial charge in [-0.15, -0.1) is 0 Å². The zero-order chi connectivity index (χ0) is 21.6. The first-order valence-electron chi connectivity index (χ1n) is 10.1. The van der Waals surface area contributed by atoms with Crippen LogP contribution in [-0.4, -0.2) is 51.2 Å². The van der Waals surface area contributed by atoms with Gasteiger partial charge in [-0.1, -0.05) is 19.9 Å². The molecule has 0 radical (unpaired) electrons. The monoisotopic (exact) mass is 428 g/mol. The van der Waals surface area contributed by atoms with Crippen LogP contribution in [0.15, 0.2) is 18.2 Å². The number of carbonyl (C=O) groups excluding carboxylic acids is 1. The van der Waals surface area contributed by atoms with Gasteiger partial charge < -0.3 is 9.64 Å². The SMILES string of the molecule is CCCN(c1ccc(C(CC)CC(=O)OC)cc1[N+](=O)[O-])C1CCS(O)(O)CC1. The van der Waals surface area contributed by atoms with Gasteiger partial charge in [0.05, 0.1) is 18.5 Å². The molecule has 1 aromatic rings. The maximum Gasteiger partial charge on any atom is 0.306 e. The average Bonchev–Trinajstić information content (AvgIpc) is 2.70. The molecule has 1 fully saturated rings. The van der Waals surface area contributed by atoms with Crippen molar-refractivity contribution in [3.63, 3.8) is 0 Å². The van der Waals surface area contributed by atoms with Gasteiger partial charge in [-0.3, -0.25) is 24.0 Å². The molecule has 29 heavy (non-hydrogen) atoms.